The molecule has 0 saturated heterocycles. The van der Waals surface area contributed by atoms with Crippen LogP contribution in [0.3, 0.4) is 0 Å². The van der Waals surface area contributed by atoms with E-state index in [1.165, 1.54) is 26.4 Å². The van der Waals surface area contributed by atoms with Crippen molar-refractivity contribution in [2.24, 2.45) is 0 Å². The average molecular weight is 347 g/mol. The van der Waals surface area contributed by atoms with Crippen LogP contribution in [0.1, 0.15) is 21.5 Å². The number of methoxy groups -OCH3 is 2. The molecule has 124 valence electrons. The van der Waals surface area contributed by atoms with Crippen LogP contribution in [0.2, 0.25) is 5.02 Å². The summed E-state index contributed by atoms with van der Waals surface area (Å²) in [6, 6.07) is 11.1. The highest BCUT2D eigenvalue weighted by molar-refractivity contribution is 6.31. The van der Waals surface area contributed by atoms with Crippen LogP contribution in [0.4, 0.5) is 0 Å². The molecule has 1 N–H and O–H groups in total. The fourth-order valence-corrected chi connectivity index (χ4v) is 2.32. The van der Waals surface area contributed by atoms with Crippen molar-refractivity contribution >= 4 is 35.2 Å². The number of carbonyl (C=O) groups excluding carboxylic acids is 1. The number of aliphatic carboxylic acids is 1. The first kappa shape index (κ1) is 17.6. The Labute approximate surface area is 144 Å². The van der Waals surface area contributed by atoms with Gasteiger partial charge in [-0.05, 0) is 42.0 Å². The fraction of sp³-hybridized carbons (Fsp3) is 0.111. The van der Waals surface area contributed by atoms with Crippen molar-refractivity contribution in [2.75, 3.05) is 14.2 Å². The molecule has 0 fully saturated rings. The topological polar surface area (TPSA) is 72.8 Å². The van der Waals surface area contributed by atoms with Gasteiger partial charge in [0.05, 0.1) is 25.4 Å². The summed E-state index contributed by atoms with van der Waals surface area (Å²) in [5.41, 5.74) is 1.39. The van der Waals surface area contributed by atoms with Gasteiger partial charge in [-0.2, -0.15) is 0 Å². The molecule has 0 aliphatic rings. The molecule has 0 saturated carbocycles. The zero-order valence-electron chi connectivity index (χ0n) is 13.1. The Morgan fingerprint density at radius 1 is 1.08 bits per heavy atom. The van der Waals surface area contributed by atoms with E-state index >= 15 is 0 Å². The zero-order chi connectivity index (χ0) is 17.7. The quantitative estimate of drug-likeness (QED) is 0.507. The van der Waals surface area contributed by atoms with Gasteiger partial charge in [-0.15, -0.1) is 0 Å². The van der Waals surface area contributed by atoms with Crippen LogP contribution in [-0.2, 0) is 9.53 Å². The third kappa shape index (κ3) is 3.94. The molecule has 24 heavy (non-hydrogen) atoms. The van der Waals surface area contributed by atoms with E-state index in [9.17, 15) is 14.7 Å². The minimum atomic E-state index is -1.12. The summed E-state index contributed by atoms with van der Waals surface area (Å²) < 4.78 is 9.84. The molecule has 0 unspecified atom stereocenters. The SMILES string of the molecule is COC(=O)c1ccc(/C=C(\C(=O)O)c2cc(Cl)ccc2OC)cc1. The molecular formula is C18H15ClO5. The Bertz CT molecular complexity index is 794. The molecule has 5 nitrogen and oxygen atoms in total. The van der Waals surface area contributed by atoms with Crippen LogP contribution in [-0.4, -0.2) is 31.3 Å². The van der Waals surface area contributed by atoms with E-state index in [-0.39, 0.29) is 5.57 Å². The van der Waals surface area contributed by atoms with Gasteiger partial charge >= 0.3 is 11.9 Å². The van der Waals surface area contributed by atoms with E-state index in [4.69, 9.17) is 16.3 Å². The molecule has 0 amide bonds. The summed E-state index contributed by atoms with van der Waals surface area (Å²) in [6.45, 7) is 0. The maximum Gasteiger partial charge on any atom is 0.337 e. The van der Waals surface area contributed by atoms with Crippen LogP contribution in [0.15, 0.2) is 42.5 Å². The molecule has 0 spiro atoms. The molecule has 2 aromatic rings. The first-order valence-electron chi connectivity index (χ1n) is 6.93. The van der Waals surface area contributed by atoms with Crippen molar-refractivity contribution in [2.45, 2.75) is 0 Å². The van der Waals surface area contributed by atoms with Crippen molar-refractivity contribution in [3.8, 4) is 5.75 Å². The number of halogens is 1. The Morgan fingerprint density at radius 2 is 1.75 bits per heavy atom. The van der Waals surface area contributed by atoms with E-state index in [0.29, 0.717) is 27.5 Å². The summed E-state index contributed by atoms with van der Waals surface area (Å²) >= 11 is 5.97. The van der Waals surface area contributed by atoms with E-state index in [1.54, 1.807) is 36.4 Å². The molecule has 0 aliphatic heterocycles. The molecule has 2 aromatic carbocycles. The van der Waals surface area contributed by atoms with Crippen molar-refractivity contribution in [3.63, 3.8) is 0 Å². The molecule has 0 atom stereocenters. The number of rotatable bonds is 5. The average Bonchev–Trinajstić information content (AvgIpc) is 2.59. The van der Waals surface area contributed by atoms with Crippen LogP contribution in [0.25, 0.3) is 11.6 Å². The number of hydrogen-bond donors (Lipinski definition) is 1. The highest BCUT2D eigenvalue weighted by Crippen LogP contribution is 2.30. The van der Waals surface area contributed by atoms with Gasteiger partial charge in [0.25, 0.3) is 0 Å². The molecule has 0 radical (unpaired) electrons. The van der Waals surface area contributed by atoms with Crippen LogP contribution >= 0.6 is 11.6 Å². The lowest BCUT2D eigenvalue weighted by atomic mass is 10.0. The Kier molecular flexibility index (Phi) is 5.60. The number of esters is 1. The van der Waals surface area contributed by atoms with Gasteiger partial charge in [-0.3, -0.25) is 0 Å². The highest BCUT2D eigenvalue weighted by Gasteiger charge is 2.16. The maximum absolute atomic E-state index is 11.7. The summed E-state index contributed by atoms with van der Waals surface area (Å²) in [4.78, 5) is 23.1. The molecule has 2 rings (SSSR count). The smallest absolute Gasteiger partial charge is 0.337 e. The number of benzene rings is 2. The van der Waals surface area contributed by atoms with Gasteiger partial charge in [-0.25, -0.2) is 9.59 Å². The molecule has 0 bridgehead atoms. The summed E-state index contributed by atoms with van der Waals surface area (Å²) in [6.07, 6.45) is 1.48. The minimum absolute atomic E-state index is 0.0279. The monoisotopic (exact) mass is 346 g/mol. The minimum Gasteiger partial charge on any atom is -0.496 e. The second-order valence-electron chi connectivity index (χ2n) is 4.82. The standard InChI is InChI=1S/C18H15ClO5/c1-23-16-8-7-13(19)10-14(16)15(17(20)21)9-11-3-5-12(6-4-11)18(22)24-2/h3-10H,1-2H3,(H,20,21)/b15-9-. The normalized spacial score (nSPS) is 11.0. The van der Waals surface area contributed by atoms with E-state index in [2.05, 4.69) is 4.74 Å². The van der Waals surface area contributed by atoms with E-state index in [1.807, 2.05) is 0 Å². The first-order valence-corrected chi connectivity index (χ1v) is 7.31. The number of carbonyl (C=O) groups is 2. The molecule has 0 heterocycles. The Hall–Kier alpha value is -2.79. The number of carboxylic acid groups (broad SMARTS) is 1. The summed E-state index contributed by atoms with van der Waals surface area (Å²) in [5, 5.41) is 9.94. The number of carboxylic acids is 1. The summed E-state index contributed by atoms with van der Waals surface area (Å²) in [5.74, 6) is -1.17. The molecular weight excluding hydrogens is 332 g/mol. The van der Waals surface area contributed by atoms with Crippen LogP contribution < -0.4 is 4.74 Å². The predicted molar refractivity (Wildman–Crippen MR) is 91.3 cm³/mol. The number of ether oxygens (including phenoxy) is 2. The van der Waals surface area contributed by atoms with Crippen molar-refractivity contribution < 1.29 is 24.2 Å². The highest BCUT2D eigenvalue weighted by atomic mass is 35.5. The molecule has 0 aliphatic carbocycles. The largest absolute Gasteiger partial charge is 0.496 e. The second-order valence-corrected chi connectivity index (χ2v) is 5.26. The number of hydrogen-bond acceptors (Lipinski definition) is 4. The Balaban J connectivity index is 2.48. The van der Waals surface area contributed by atoms with Gasteiger partial charge in [0.1, 0.15) is 5.75 Å². The zero-order valence-corrected chi connectivity index (χ0v) is 13.8. The van der Waals surface area contributed by atoms with Crippen molar-refractivity contribution in [3.05, 3.63) is 64.2 Å². The van der Waals surface area contributed by atoms with Gasteiger partial charge in [0, 0.05) is 10.6 Å². The predicted octanol–water partition coefficient (Wildman–Crippen LogP) is 3.76. The van der Waals surface area contributed by atoms with E-state index < -0.39 is 11.9 Å². The first-order chi connectivity index (χ1) is 11.5. The lowest BCUT2D eigenvalue weighted by Crippen LogP contribution is -2.03. The van der Waals surface area contributed by atoms with Gasteiger partial charge < -0.3 is 14.6 Å². The fourth-order valence-electron chi connectivity index (χ4n) is 2.15. The van der Waals surface area contributed by atoms with Crippen LogP contribution in [0.5, 0.6) is 5.75 Å². The van der Waals surface area contributed by atoms with Crippen molar-refractivity contribution in [1.82, 2.24) is 0 Å². The lowest BCUT2D eigenvalue weighted by molar-refractivity contribution is -0.130. The molecule has 0 aromatic heterocycles. The van der Waals surface area contributed by atoms with Gasteiger partial charge in [0.15, 0.2) is 0 Å². The maximum atomic E-state index is 11.7. The van der Waals surface area contributed by atoms with Crippen molar-refractivity contribution in [1.29, 1.82) is 0 Å². The Morgan fingerprint density at radius 3 is 2.29 bits per heavy atom. The second kappa shape index (κ2) is 7.66. The third-order valence-corrected chi connectivity index (χ3v) is 3.56. The molecule has 6 heteroatoms. The third-order valence-electron chi connectivity index (χ3n) is 3.32. The lowest BCUT2D eigenvalue weighted by Gasteiger charge is -2.10. The van der Waals surface area contributed by atoms with Gasteiger partial charge in [-0.1, -0.05) is 23.7 Å². The van der Waals surface area contributed by atoms with Gasteiger partial charge in [0.2, 0.25) is 0 Å². The van der Waals surface area contributed by atoms with E-state index in [0.717, 1.165) is 0 Å². The van der Waals surface area contributed by atoms with Crippen LogP contribution in [0, 0.1) is 0 Å². The summed E-state index contributed by atoms with van der Waals surface area (Å²) in [7, 11) is 2.75.